The Morgan fingerprint density at radius 2 is 1.94 bits per heavy atom. The Morgan fingerprint density at radius 1 is 1.24 bits per heavy atom. The lowest BCUT2D eigenvalue weighted by molar-refractivity contribution is 0.101. The molecule has 2 aromatic rings. The first kappa shape index (κ1) is 11.4. The van der Waals surface area contributed by atoms with Crippen LogP contribution in [0.25, 0.3) is 10.8 Å². The van der Waals surface area contributed by atoms with Gasteiger partial charge in [0.15, 0.2) is 5.78 Å². The van der Waals surface area contributed by atoms with Crippen LogP contribution < -0.4 is 4.74 Å². The van der Waals surface area contributed by atoms with Crippen LogP contribution in [0.3, 0.4) is 0 Å². The maximum atomic E-state index is 11.3. The second-order valence-corrected chi connectivity index (χ2v) is 3.88. The molecule has 0 unspecified atom stereocenters. The smallest absolute Gasteiger partial charge is 0.159 e. The number of rotatable bonds is 4. The monoisotopic (exact) mass is 226 g/mol. The molecule has 0 aliphatic carbocycles. The zero-order valence-corrected chi connectivity index (χ0v) is 9.77. The van der Waals surface area contributed by atoms with E-state index in [2.05, 4.69) is 6.58 Å². The summed E-state index contributed by atoms with van der Waals surface area (Å²) in [6.07, 6.45) is 1.71. The van der Waals surface area contributed by atoms with Crippen LogP contribution in [-0.4, -0.2) is 12.4 Å². The molecule has 17 heavy (non-hydrogen) atoms. The highest BCUT2D eigenvalue weighted by Gasteiger charge is 2.02. The summed E-state index contributed by atoms with van der Waals surface area (Å²) in [6.45, 7) is 5.68. The van der Waals surface area contributed by atoms with Crippen molar-refractivity contribution >= 4 is 16.6 Å². The van der Waals surface area contributed by atoms with Crippen LogP contribution in [0.5, 0.6) is 5.75 Å². The van der Waals surface area contributed by atoms with E-state index >= 15 is 0 Å². The average molecular weight is 226 g/mol. The van der Waals surface area contributed by atoms with Gasteiger partial charge in [-0.25, -0.2) is 0 Å². The summed E-state index contributed by atoms with van der Waals surface area (Å²) in [5.41, 5.74) is 0.734. The molecule has 0 aliphatic heterocycles. The van der Waals surface area contributed by atoms with E-state index in [1.165, 1.54) is 0 Å². The lowest BCUT2D eigenvalue weighted by atomic mass is 10.0. The molecule has 2 heteroatoms. The fraction of sp³-hybridized carbons (Fsp3) is 0.133. The van der Waals surface area contributed by atoms with Gasteiger partial charge in [0.05, 0.1) is 0 Å². The number of ketones is 1. The molecule has 2 nitrogen and oxygen atoms in total. The van der Waals surface area contributed by atoms with E-state index in [9.17, 15) is 4.79 Å². The zero-order valence-electron chi connectivity index (χ0n) is 9.77. The summed E-state index contributed by atoms with van der Waals surface area (Å²) in [7, 11) is 0. The molecule has 0 spiro atoms. The van der Waals surface area contributed by atoms with Crippen molar-refractivity contribution in [3.63, 3.8) is 0 Å². The van der Waals surface area contributed by atoms with Crippen LogP contribution in [0.4, 0.5) is 0 Å². The van der Waals surface area contributed by atoms with Gasteiger partial charge in [0.25, 0.3) is 0 Å². The third-order valence-corrected chi connectivity index (χ3v) is 2.59. The molecule has 0 bridgehead atoms. The Balaban J connectivity index is 2.39. The van der Waals surface area contributed by atoms with E-state index in [4.69, 9.17) is 4.74 Å². The summed E-state index contributed by atoms with van der Waals surface area (Å²) < 4.78 is 5.46. The number of Topliss-reactive ketones (excluding diaryl/α,β-unsaturated/α-hetero) is 1. The van der Waals surface area contributed by atoms with Crippen LogP contribution in [-0.2, 0) is 0 Å². The van der Waals surface area contributed by atoms with E-state index in [1.54, 1.807) is 13.0 Å². The fourth-order valence-corrected chi connectivity index (χ4v) is 1.69. The topological polar surface area (TPSA) is 26.3 Å². The third kappa shape index (κ3) is 2.53. The number of ether oxygens (including phenoxy) is 1. The van der Waals surface area contributed by atoms with Gasteiger partial charge in [-0.1, -0.05) is 30.9 Å². The third-order valence-electron chi connectivity index (χ3n) is 2.59. The number of benzene rings is 2. The highest BCUT2D eigenvalue weighted by molar-refractivity contribution is 5.98. The molecule has 0 radical (unpaired) electrons. The SMILES string of the molecule is C=CCOc1ccc2cc(C(C)=O)ccc2c1. The van der Waals surface area contributed by atoms with Gasteiger partial charge in [-0.3, -0.25) is 4.79 Å². The summed E-state index contributed by atoms with van der Waals surface area (Å²) in [6, 6.07) is 11.5. The van der Waals surface area contributed by atoms with Crippen molar-refractivity contribution in [3.05, 3.63) is 54.6 Å². The predicted molar refractivity (Wildman–Crippen MR) is 69.6 cm³/mol. The number of hydrogen-bond donors (Lipinski definition) is 0. The molecule has 0 saturated heterocycles. The lowest BCUT2D eigenvalue weighted by Gasteiger charge is -2.05. The minimum atomic E-state index is 0.0823. The highest BCUT2D eigenvalue weighted by atomic mass is 16.5. The number of carbonyl (C=O) groups excluding carboxylic acids is 1. The number of hydrogen-bond acceptors (Lipinski definition) is 2. The molecular formula is C15H14O2. The minimum absolute atomic E-state index is 0.0823. The van der Waals surface area contributed by atoms with Crippen LogP contribution in [0.1, 0.15) is 17.3 Å². The van der Waals surface area contributed by atoms with E-state index in [0.29, 0.717) is 6.61 Å². The van der Waals surface area contributed by atoms with Gasteiger partial charge in [0.2, 0.25) is 0 Å². The Hall–Kier alpha value is -2.09. The van der Waals surface area contributed by atoms with Gasteiger partial charge < -0.3 is 4.74 Å². The van der Waals surface area contributed by atoms with E-state index < -0.39 is 0 Å². The van der Waals surface area contributed by atoms with Crippen LogP contribution >= 0.6 is 0 Å². The Kier molecular flexibility index (Phi) is 3.24. The van der Waals surface area contributed by atoms with Crippen molar-refractivity contribution < 1.29 is 9.53 Å². The van der Waals surface area contributed by atoms with Crippen LogP contribution in [0.15, 0.2) is 49.1 Å². The summed E-state index contributed by atoms with van der Waals surface area (Å²) in [4.78, 5) is 11.3. The molecule has 0 aromatic heterocycles. The molecule has 0 N–H and O–H groups in total. The molecule has 0 fully saturated rings. The van der Waals surface area contributed by atoms with Crippen LogP contribution in [0.2, 0.25) is 0 Å². The number of carbonyl (C=O) groups is 1. The first-order valence-corrected chi connectivity index (χ1v) is 5.49. The van der Waals surface area contributed by atoms with E-state index in [-0.39, 0.29) is 5.78 Å². The Morgan fingerprint density at radius 3 is 2.65 bits per heavy atom. The molecule has 2 aromatic carbocycles. The quantitative estimate of drug-likeness (QED) is 0.588. The zero-order chi connectivity index (χ0) is 12.3. The van der Waals surface area contributed by atoms with E-state index in [1.807, 2.05) is 36.4 Å². The fourth-order valence-electron chi connectivity index (χ4n) is 1.69. The molecule has 0 atom stereocenters. The molecular weight excluding hydrogens is 212 g/mol. The largest absolute Gasteiger partial charge is 0.490 e. The van der Waals surface area contributed by atoms with Crippen molar-refractivity contribution in [1.82, 2.24) is 0 Å². The van der Waals surface area contributed by atoms with Crippen molar-refractivity contribution in [2.75, 3.05) is 6.61 Å². The second-order valence-electron chi connectivity index (χ2n) is 3.88. The van der Waals surface area contributed by atoms with Crippen molar-refractivity contribution in [2.45, 2.75) is 6.92 Å². The summed E-state index contributed by atoms with van der Waals surface area (Å²) >= 11 is 0. The second kappa shape index (κ2) is 4.83. The normalized spacial score (nSPS) is 10.2. The number of fused-ring (bicyclic) bond motifs is 1. The highest BCUT2D eigenvalue weighted by Crippen LogP contribution is 2.22. The standard InChI is InChI=1S/C15H14O2/c1-3-8-17-15-7-6-13-9-12(11(2)16)4-5-14(13)10-15/h3-7,9-10H,1,8H2,2H3. The summed E-state index contributed by atoms with van der Waals surface area (Å²) in [5, 5.41) is 2.11. The lowest BCUT2D eigenvalue weighted by Crippen LogP contribution is -1.93. The van der Waals surface area contributed by atoms with Gasteiger partial charge in [-0.2, -0.15) is 0 Å². The molecule has 0 amide bonds. The maximum Gasteiger partial charge on any atom is 0.159 e. The molecule has 86 valence electrons. The van der Waals surface area contributed by atoms with Crippen LogP contribution in [0, 0.1) is 0 Å². The van der Waals surface area contributed by atoms with Crippen molar-refractivity contribution in [1.29, 1.82) is 0 Å². The van der Waals surface area contributed by atoms with Crippen molar-refractivity contribution in [2.24, 2.45) is 0 Å². The molecule has 0 saturated carbocycles. The van der Waals surface area contributed by atoms with Gasteiger partial charge in [-0.15, -0.1) is 0 Å². The Labute approximate surface area is 101 Å². The summed E-state index contributed by atoms with van der Waals surface area (Å²) in [5.74, 6) is 0.895. The molecule has 0 aliphatic rings. The minimum Gasteiger partial charge on any atom is -0.490 e. The average Bonchev–Trinajstić information content (AvgIpc) is 2.35. The van der Waals surface area contributed by atoms with Gasteiger partial charge >= 0.3 is 0 Å². The molecule has 0 heterocycles. The maximum absolute atomic E-state index is 11.3. The van der Waals surface area contributed by atoms with Gasteiger partial charge in [0.1, 0.15) is 12.4 Å². The van der Waals surface area contributed by atoms with Gasteiger partial charge in [-0.05, 0) is 35.9 Å². The molecule has 2 rings (SSSR count). The Bertz CT molecular complexity index is 570. The first-order chi connectivity index (χ1) is 8.20. The van der Waals surface area contributed by atoms with Gasteiger partial charge in [0, 0.05) is 5.56 Å². The first-order valence-electron chi connectivity index (χ1n) is 5.49. The van der Waals surface area contributed by atoms with E-state index in [0.717, 1.165) is 22.1 Å². The predicted octanol–water partition coefficient (Wildman–Crippen LogP) is 3.61. The van der Waals surface area contributed by atoms with Crippen molar-refractivity contribution in [3.8, 4) is 5.75 Å².